The van der Waals surface area contributed by atoms with Crippen molar-refractivity contribution in [1.29, 1.82) is 0 Å². The van der Waals surface area contributed by atoms with Crippen molar-refractivity contribution in [2.24, 2.45) is 11.8 Å². The van der Waals surface area contributed by atoms with E-state index in [0.717, 1.165) is 23.9 Å². The van der Waals surface area contributed by atoms with Crippen LogP contribution < -0.4 is 5.32 Å². The number of anilines is 1. The fourth-order valence-corrected chi connectivity index (χ4v) is 4.29. The number of nitrogens with zero attached hydrogens (tertiary/aromatic N) is 2. The number of nitrogens with one attached hydrogen (secondary N) is 1. The number of hydrogen-bond donors (Lipinski definition) is 1. The molecular weight excluding hydrogens is 254 g/mol. The van der Waals surface area contributed by atoms with Gasteiger partial charge in [-0.05, 0) is 49.9 Å². The summed E-state index contributed by atoms with van der Waals surface area (Å²) in [6.45, 7) is 5.02. The first kappa shape index (κ1) is 11.7. The molecule has 4 heteroatoms. The van der Waals surface area contributed by atoms with Gasteiger partial charge in [0, 0.05) is 13.1 Å². The van der Waals surface area contributed by atoms with Crippen LogP contribution in [0.3, 0.4) is 0 Å². The lowest BCUT2D eigenvalue weighted by Crippen LogP contribution is -2.49. The number of aromatic nitrogens is 1. The third-order valence-corrected chi connectivity index (χ3v) is 5.50. The van der Waals surface area contributed by atoms with Crippen LogP contribution in [0.5, 0.6) is 0 Å². The third kappa shape index (κ3) is 2.13. The Kier molecular flexibility index (Phi) is 2.93. The van der Waals surface area contributed by atoms with Gasteiger partial charge >= 0.3 is 0 Å². The van der Waals surface area contributed by atoms with Gasteiger partial charge in [-0.2, -0.15) is 0 Å². The molecule has 100 valence electrons. The van der Waals surface area contributed by atoms with E-state index >= 15 is 0 Å². The second-order valence-corrected chi connectivity index (χ2v) is 6.67. The van der Waals surface area contributed by atoms with Crippen LogP contribution in [0.25, 0.3) is 10.2 Å². The molecule has 3 aliphatic rings. The van der Waals surface area contributed by atoms with Gasteiger partial charge in [0.2, 0.25) is 0 Å². The minimum Gasteiger partial charge on any atom is -0.383 e. The quantitative estimate of drug-likeness (QED) is 0.931. The monoisotopic (exact) mass is 273 g/mol. The molecule has 3 nitrogen and oxygen atoms in total. The van der Waals surface area contributed by atoms with Gasteiger partial charge in [-0.1, -0.05) is 6.07 Å². The number of para-hydroxylation sites is 1. The van der Waals surface area contributed by atoms with Crippen molar-refractivity contribution in [3.05, 3.63) is 23.7 Å². The maximum absolute atomic E-state index is 4.48. The van der Waals surface area contributed by atoms with E-state index in [1.807, 2.05) is 5.51 Å². The largest absolute Gasteiger partial charge is 0.383 e. The smallest absolute Gasteiger partial charge is 0.104 e. The van der Waals surface area contributed by atoms with E-state index in [2.05, 4.69) is 33.4 Å². The van der Waals surface area contributed by atoms with Crippen molar-refractivity contribution in [3.63, 3.8) is 0 Å². The van der Waals surface area contributed by atoms with Crippen molar-refractivity contribution in [2.45, 2.75) is 12.8 Å². The summed E-state index contributed by atoms with van der Waals surface area (Å²) in [5.74, 6) is 1.75. The van der Waals surface area contributed by atoms with Gasteiger partial charge in [0.25, 0.3) is 0 Å². The zero-order valence-electron chi connectivity index (χ0n) is 11.0. The van der Waals surface area contributed by atoms with E-state index < -0.39 is 0 Å². The van der Waals surface area contributed by atoms with E-state index in [9.17, 15) is 0 Å². The second-order valence-electron chi connectivity index (χ2n) is 5.78. The molecular formula is C15H19N3S. The maximum Gasteiger partial charge on any atom is 0.104 e. The van der Waals surface area contributed by atoms with Gasteiger partial charge in [-0.3, -0.25) is 0 Å². The van der Waals surface area contributed by atoms with Crippen LogP contribution in [0, 0.1) is 11.8 Å². The Hall–Kier alpha value is -1.13. The van der Waals surface area contributed by atoms with E-state index in [4.69, 9.17) is 0 Å². The lowest BCUT2D eigenvalue weighted by Gasteiger charge is -2.45. The van der Waals surface area contributed by atoms with Crippen LogP contribution in [-0.2, 0) is 0 Å². The summed E-state index contributed by atoms with van der Waals surface area (Å²) in [6, 6.07) is 6.43. The Morgan fingerprint density at radius 1 is 1.32 bits per heavy atom. The average Bonchev–Trinajstić information content (AvgIpc) is 2.95. The molecule has 1 N–H and O–H groups in total. The fraction of sp³-hybridized carbons (Fsp3) is 0.533. The molecule has 5 rings (SSSR count). The average molecular weight is 273 g/mol. The molecule has 4 heterocycles. The Morgan fingerprint density at radius 3 is 3.00 bits per heavy atom. The van der Waals surface area contributed by atoms with E-state index in [0.29, 0.717) is 0 Å². The molecule has 0 saturated carbocycles. The summed E-state index contributed by atoms with van der Waals surface area (Å²) in [5, 5.41) is 3.65. The topological polar surface area (TPSA) is 28.2 Å². The molecule has 1 atom stereocenters. The molecule has 1 aromatic heterocycles. The molecule has 1 aromatic carbocycles. The molecule has 3 saturated heterocycles. The standard InChI is InChI=1S/C15H19N3S/c1-2-13(15-14(3-1)19-10-17-15)16-8-12-9-18-6-4-11(12)5-7-18/h1-3,10-12,16H,4-9H2/t12-/m1/s1. The molecule has 0 amide bonds. The van der Waals surface area contributed by atoms with E-state index in [1.165, 1.54) is 42.9 Å². The molecule has 0 aliphatic carbocycles. The molecule has 2 bridgehead atoms. The first-order valence-corrected chi connectivity index (χ1v) is 8.06. The van der Waals surface area contributed by atoms with Crippen molar-refractivity contribution in [1.82, 2.24) is 9.88 Å². The lowest BCUT2D eigenvalue weighted by molar-refractivity contribution is 0.0574. The van der Waals surface area contributed by atoms with Crippen LogP contribution in [0.4, 0.5) is 5.69 Å². The predicted octanol–water partition coefficient (Wildman–Crippen LogP) is 3.05. The number of hydrogen-bond acceptors (Lipinski definition) is 4. The zero-order valence-corrected chi connectivity index (χ0v) is 11.8. The predicted molar refractivity (Wildman–Crippen MR) is 80.8 cm³/mol. The SMILES string of the molecule is c1cc(NC[C@@H]2CN3CCC2CC3)c2ncsc2c1. The molecule has 2 aromatic rings. The van der Waals surface area contributed by atoms with Gasteiger partial charge in [0.05, 0.1) is 15.9 Å². The van der Waals surface area contributed by atoms with Gasteiger partial charge in [-0.15, -0.1) is 11.3 Å². The van der Waals surface area contributed by atoms with Crippen LogP contribution in [0.2, 0.25) is 0 Å². The number of rotatable bonds is 3. The van der Waals surface area contributed by atoms with Gasteiger partial charge in [-0.25, -0.2) is 4.98 Å². The van der Waals surface area contributed by atoms with E-state index in [-0.39, 0.29) is 0 Å². The summed E-state index contributed by atoms with van der Waals surface area (Å²) >= 11 is 1.72. The molecule has 0 radical (unpaired) electrons. The van der Waals surface area contributed by atoms with Gasteiger partial charge in [0.1, 0.15) is 5.52 Å². The Bertz CT molecular complexity index is 572. The summed E-state index contributed by atoms with van der Waals surface area (Å²) < 4.78 is 1.28. The highest BCUT2D eigenvalue weighted by Gasteiger charge is 2.33. The molecule has 19 heavy (non-hydrogen) atoms. The minimum atomic E-state index is 0.816. The van der Waals surface area contributed by atoms with Crippen molar-refractivity contribution in [3.8, 4) is 0 Å². The van der Waals surface area contributed by atoms with E-state index in [1.54, 1.807) is 11.3 Å². The summed E-state index contributed by atoms with van der Waals surface area (Å²) in [5.41, 5.74) is 4.27. The molecule has 3 aliphatic heterocycles. The number of piperidine rings is 3. The Labute approximate surface area is 117 Å². The summed E-state index contributed by atoms with van der Waals surface area (Å²) in [6.07, 6.45) is 2.79. The second kappa shape index (κ2) is 4.76. The highest BCUT2D eigenvalue weighted by atomic mass is 32.1. The normalized spacial score (nSPS) is 29.8. The van der Waals surface area contributed by atoms with Gasteiger partial charge in [0.15, 0.2) is 0 Å². The van der Waals surface area contributed by atoms with Crippen LogP contribution >= 0.6 is 11.3 Å². The number of benzene rings is 1. The van der Waals surface area contributed by atoms with Crippen LogP contribution in [0.1, 0.15) is 12.8 Å². The number of thiazole rings is 1. The van der Waals surface area contributed by atoms with Crippen molar-refractivity contribution in [2.75, 3.05) is 31.5 Å². The third-order valence-electron chi connectivity index (χ3n) is 4.71. The summed E-state index contributed by atoms with van der Waals surface area (Å²) in [4.78, 5) is 7.10. The lowest BCUT2D eigenvalue weighted by atomic mass is 9.79. The highest BCUT2D eigenvalue weighted by molar-refractivity contribution is 7.16. The minimum absolute atomic E-state index is 0.816. The van der Waals surface area contributed by atoms with Crippen molar-refractivity contribution >= 4 is 27.2 Å². The Morgan fingerprint density at radius 2 is 2.21 bits per heavy atom. The fourth-order valence-electron chi connectivity index (χ4n) is 3.59. The zero-order chi connectivity index (χ0) is 12.7. The Balaban J connectivity index is 1.49. The molecule has 3 fully saturated rings. The maximum atomic E-state index is 4.48. The highest BCUT2D eigenvalue weighted by Crippen LogP contribution is 2.33. The van der Waals surface area contributed by atoms with Crippen LogP contribution in [-0.4, -0.2) is 36.1 Å². The summed E-state index contributed by atoms with van der Waals surface area (Å²) in [7, 11) is 0. The van der Waals surface area contributed by atoms with Gasteiger partial charge < -0.3 is 10.2 Å². The first-order valence-electron chi connectivity index (χ1n) is 7.18. The first-order chi connectivity index (χ1) is 9.40. The molecule has 0 unspecified atom stereocenters. The molecule has 0 spiro atoms. The van der Waals surface area contributed by atoms with Crippen LogP contribution in [0.15, 0.2) is 23.7 Å². The number of fused-ring (bicyclic) bond motifs is 4. The van der Waals surface area contributed by atoms with Crippen molar-refractivity contribution < 1.29 is 0 Å².